The Morgan fingerprint density at radius 2 is 1.71 bits per heavy atom. The van der Waals surface area contributed by atoms with E-state index in [-0.39, 0.29) is 0 Å². The smallest absolute Gasteiger partial charge is 0.0416 e. The Hall–Kier alpha value is -1.80. The molecule has 0 aliphatic heterocycles. The number of hydrogen-bond acceptors (Lipinski definition) is 2. The van der Waals surface area contributed by atoms with Crippen molar-refractivity contribution < 1.29 is 0 Å². The van der Waals surface area contributed by atoms with Crippen molar-refractivity contribution in [2.75, 3.05) is 5.32 Å². The highest BCUT2D eigenvalue weighted by Crippen LogP contribution is 2.21. The van der Waals surface area contributed by atoms with Gasteiger partial charge in [0.1, 0.15) is 0 Å². The van der Waals surface area contributed by atoms with Crippen LogP contribution in [0.4, 0.5) is 11.4 Å². The lowest BCUT2D eigenvalue weighted by atomic mass is 10.1. The van der Waals surface area contributed by atoms with Gasteiger partial charge in [0.05, 0.1) is 0 Å². The van der Waals surface area contributed by atoms with Crippen molar-refractivity contribution in [3.8, 4) is 0 Å². The second-order valence-corrected chi connectivity index (χ2v) is 4.34. The van der Waals surface area contributed by atoms with Crippen LogP contribution in [-0.2, 0) is 6.54 Å². The van der Waals surface area contributed by atoms with Crippen LogP contribution in [-0.4, -0.2) is 0 Å². The molecule has 0 fully saturated rings. The fourth-order valence-electron chi connectivity index (χ4n) is 1.75. The molecule has 2 nitrogen and oxygen atoms in total. The standard InChI is InChI=1S/C15H18N2/c1-11-3-4-12(2)15(9-11)17-14-7-5-13(10-16)6-8-14/h3-9,17H,10,16H2,1-2H3. The van der Waals surface area contributed by atoms with E-state index < -0.39 is 0 Å². The summed E-state index contributed by atoms with van der Waals surface area (Å²) in [6, 6.07) is 14.6. The van der Waals surface area contributed by atoms with Gasteiger partial charge in [-0.25, -0.2) is 0 Å². The monoisotopic (exact) mass is 226 g/mol. The van der Waals surface area contributed by atoms with Crippen molar-refractivity contribution in [2.24, 2.45) is 5.73 Å². The average molecular weight is 226 g/mol. The summed E-state index contributed by atoms with van der Waals surface area (Å²) in [5.74, 6) is 0. The lowest BCUT2D eigenvalue weighted by Gasteiger charge is -2.10. The number of rotatable bonds is 3. The molecule has 2 aromatic carbocycles. The van der Waals surface area contributed by atoms with Crippen molar-refractivity contribution in [2.45, 2.75) is 20.4 Å². The Kier molecular flexibility index (Phi) is 3.45. The van der Waals surface area contributed by atoms with Gasteiger partial charge in [0, 0.05) is 17.9 Å². The van der Waals surface area contributed by atoms with Gasteiger partial charge in [-0.2, -0.15) is 0 Å². The van der Waals surface area contributed by atoms with Gasteiger partial charge >= 0.3 is 0 Å². The van der Waals surface area contributed by atoms with Crippen LogP contribution in [0, 0.1) is 13.8 Å². The van der Waals surface area contributed by atoms with Crippen molar-refractivity contribution in [1.29, 1.82) is 0 Å². The van der Waals surface area contributed by atoms with Crippen molar-refractivity contribution in [1.82, 2.24) is 0 Å². The molecule has 0 spiro atoms. The van der Waals surface area contributed by atoms with Gasteiger partial charge in [-0.1, -0.05) is 24.3 Å². The molecule has 0 aromatic heterocycles. The third kappa shape index (κ3) is 2.86. The van der Waals surface area contributed by atoms with E-state index in [1.807, 2.05) is 12.1 Å². The maximum Gasteiger partial charge on any atom is 0.0416 e. The predicted molar refractivity (Wildman–Crippen MR) is 73.5 cm³/mol. The fourth-order valence-corrected chi connectivity index (χ4v) is 1.75. The lowest BCUT2D eigenvalue weighted by Crippen LogP contribution is -1.97. The van der Waals surface area contributed by atoms with Crippen LogP contribution in [0.2, 0.25) is 0 Å². The van der Waals surface area contributed by atoms with Crippen LogP contribution in [0.15, 0.2) is 42.5 Å². The van der Waals surface area contributed by atoms with E-state index in [2.05, 4.69) is 49.5 Å². The van der Waals surface area contributed by atoms with Gasteiger partial charge in [-0.3, -0.25) is 0 Å². The minimum atomic E-state index is 0.587. The van der Waals surface area contributed by atoms with Gasteiger partial charge in [0.2, 0.25) is 0 Å². The van der Waals surface area contributed by atoms with Crippen LogP contribution >= 0.6 is 0 Å². The van der Waals surface area contributed by atoms with Crippen LogP contribution in [0.25, 0.3) is 0 Å². The van der Waals surface area contributed by atoms with E-state index in [1.165, 1.54) is 11.1 Å². The molecule has 2 heteroatoms. The summed E-state index contributed by atoms with van der Waals surface area (Å²) >= 11 is 0. The number of hydrogen-bond donors (Lipinski definition) is 2. The maximum absolute atomic E-state index is 5.58. The van der Waals surface area contributed by atoms with E-state index in [0.29, 0.717) is 6.54 Å². The van der Waals surface area contributed by atoms with Crippen LogP contribution in [0.1, 0.15) is 16.7 Å². The molecule has 0 unspecified atom stereocenters. The Morgan fingerprint density at radius 1 is 1.00 bits per heavy atom. The van der Waals surface area contributed by atoms with E-state index in [0.717, 1.165) is 16.9 Å². The summed E-state index contributed by atoms with van der Waals surface area (Å²) in [7, 11) is 0. The zero-order chi connectivity index (χ0) is 12.3. The first kappa shape index (κ1) is 11.7. The molecule has 0 bridgehead atoms. The molecule has 2 rings (SSSR count). The lowest BCUT2D eigenvalue weighted by molar-refractivity contribution is 1.07. The Morgan fingerprint density at radius 3 is 2.35 bits per heavy atom. The zero-order valence-corrected chi connectivity index (χ0v) is 10.3. The molecule has 3 N–H and O–H groups in total. The first-order valence-electron chi connectivity index (χ1n) is 5.82. The topological polar surface area (TPSA) is 38.0 Å². The molecular weight excluding hydrogens is 208 g/mol. The van der Waals surface area contributed by atoms with Crippen molar-refractivity contribution >= 4 is 11.4 Å². The number of anilines is 2. The number of nitrogens with two attached hydrogens (primary N) is 1. The number of aryl methyl sites for hydroxylation is 2. The second-order valence-electron chi connectivity index (χ2n) is 4.34. The molecule has 0 amide bonds. The SMILES string of the molecule is Cc1ccc(C)c(Nc2ccc(CN)cc2)c1. The largest absolute Gasteiger partial charge is 0.355 e. The van der Waals surface area contributed by atoms with E-state index in [4.69, 9.17) is 5.73 Å². The first-order valence-corrected chi connectivity index (χ1v) is 5.82. The highest BCUT2D eigenvalue weighted by atomic mass is 14.9. The third-order valence-electron chi connectivity index (χ3n) is 2.86. The van der Waals surface area contributed by atoms with Crippen molar-refractivity contribution in [3.05, 3.63) is 59.2 Å². The van der Waals surface area contributed by atoms with Gasteiger partial charge in [0.25, 0.3) is 0 Å². The molecule has 0 heterocycles. The van der Waals surface area contributed by atoms with Gasteiger partial charge in [0.15, 0.2) is 0 Å². The van der Waals surface area contributed by atoms with Crippen LogP contribution < -0.4 is 11.1 Å². The highest BCUT2D eigenvalue weighted by Gasteiger charge is 1.99. The van der Waals surface area contributed by atoms with E-state index >= 15 is 0 Å². The second kappa shape index (κ2) is 5.02. The summed E-state index contributed by atoms with van der Waals surface area (Å²) in [4.78, 5) is 0. The quantitative estimate of drug-likeness (QED) is 0.840. The Balaban J connectivity index is 2.22. The Labute approximate surface area is 102 Å². The number of nitrogens with one attached hydrogen (secondary N) is 1. The van der Waals surface area contributed by atoms with E-state index in [1.54, 1.807) is 0 Å². The molecule has 0 saturated heterocycles. The summed E-state index contributed by atoms with van der Waals surface area (Å²) in [6.45, 7) is 4.79. The first-order chi connectivity index (χ1) is 8.19. The molecule has 0 atom stereocenters. The minimum Gasteiger partial charge on any atom is -0.355 e. The normalized spacial score (nSPS) is 10.3. The maximum atomic E-state index is 5.58. The zero-order valence-electron chi connectivity index (χ0n) is 10.3. The molecule has 0 radical (unpaired) electrons. The van der Waals surface area contributed by atoms with Gasteiger partial charge in [-0.15, -0.1) is 0 Å². The fraction of sp³-hybridized carbons (Fsp3) is 0.200. The molecule has 0 saturated carbocycles. The summed E-state index contributed by atoms with van der Waals surface area (Å²) in [5.41, 5.74) is 11.5. The summed E-state index contributed by atoms with van der Waals surface area (Å²) < 4.78 is 0. The van der Waals surface area contributed by atoms with Crippen LogP contribution in [0.5, 0.6) is 0 Å². The molecule has 0 aliphatic carbocycles. The van der Waals surface area contributed by atoms with Gasteiger partial charge in [-0.05, 0) is 48.7 Å². The Bertz CT molecular complexity index is 501. The molecular formula is C15H18N2. The molecule has 0 aliphatic rings. The van der Waals surface area contributed by atoms with Gasteiger partial charge < -0.3 is 11.1 Å². The van der Waals surface area contributed by atoms with Crippen molar-refractivity contribution in [3.63, 3.8) is 0 Å². The predicted octanol–water partition coefficient (Wildman–Crippen LogP) is 3.51. The van der Waals surface area contributed by atoms with Crippen LogP contribution in [0.3, 0.4) is 0 Å². The molecule has 17 heavy (non-hydrogen) atoms. The molecule has 2 aromatic rings. The van der Waals surface area contributed by atoms with E-state index in [9.17, 15) is 0 Å². The number of benzene rings is 2. The summed E-state index contributed by atoms with van der Waals surface area (Å²) in [5, 5.41) is 3.42. The average Bonchev–Trinajstić information content (AvgIpc) is 2.35. The highest BCUT2D eigenvalue weighted by molar-refractivity contribution is 5.63. The molecule has 88 valence electrons. The minimum absolute atomic E-state index is 0.587. The third-order valence-corrected chi connectivity index (χ3v) is 2.86. The summed E-state index contributed by atoms with van der Waals surface area (Å²) in [6.07, 6.45) is 0.